The van der Waals surface area contributed by atoms with Crippen molar-refractivity contribution in [2.24, 2.45) is 0 Å². The summed E-state index contributed by atoms with van der Waals surface area (Å²) >= 11 is 0. The first-order chi connectivity index (χ1) is 7.74. The van der Waals surface area contributed by atoms with Crippen LogP contribution in [-0.2, 0) is 15.9 Å². The lowest BCUT2D eigenvalue weighted by Crippen LogP contribution is -2.20. The number of hydrogen-bond donors (Lipinski definition) is 0. The fourth-order valence-corrected chi connectivity index (χ4v) is 1.87. The third kappa shape index (κ3) is 2.83. The third-order valence-corrected chi connectivity index (χ3v) is 4.26. The standard InChI is InChI=1S/C16H25O/c1-7-15(3,4)12-9-10-14(17)13(11-12)16(5,6)8-2/h9-11H,7-8H2,1-6H3. The largest absolute Gasteiger partial charge is 0.290 e. The van der Waals surface area contributed by atoms with E-state index in [4.69, 9.17) is 0 Å². The van der Waals surface area contributed by atoms with E-state index in [-0.39, 0.29) is 16.6 Å². The van der Waals surface area contributed by atoms with E-state index < -0.39 is 0 Å². The highest BCUT2D eigenvalue weighted by Crippen LogP contribution is 2.37. The van der Waals surface area contributed by atoms with Gasteiger partial charge in [-0.1, -0.05) is 53.7 Å². The normalized spacial score (nSPS) is 12.8. The lowest BCUT2D eigenvalue weighted by Gasteiger charge is -2.28. The van der Waals surface area contributed by atoms with Crippen molar-refractivity contribution < 1.29 is 5.11 Å². The summed E-state index contributed by atoms with van der Waals surface area (Å²) in [5.74, 6) is 0.174. The van der Waals surface area contributed by atoms with Gasteiger partial charge in [-0.25, -0.2) is 0 Å². The van der Waals surface area contributed by atoms with Crippen LogP contribution in [0.1, 0.15) is 65.5 Å². The quantitative estimate of drug-likeness (QED) is 0.680. The van der Waals surface area contributed by atoms with E-state index in [2.05, 4.69) is 47.6 Å². The van der Waals surface area contributed by atoms with Crippen LogP contribution in [0, 0.1) is 0 Å². The predicted molar refractivity (Wildman–Crippen MR) is 73.2 cm³/mol. The number of benzene rings is 1. The topological polar surface area (TPSA) is 19.9 Å². The molecule has 1 nitrogen and oxygen atoms in total. The molecule has 1 radical (unpaired) electrons. The Morgan fingerprint density at radius 3 is 1.94 bits per heavy atom. The molecule has 17 heavy (non-hydrogen) atoms. The summed E-state index contributed by atoms with van der Waals surface area (Å²) in [6, 6.07) is 5.84. The average molecular weight is 233 g/mol. The number of hydrogen-bond acceptors (Lipinski definition) is 0. The summed E-state index contributed by atoms with van der Waals surface area (Å²) < 4.78 is 0. The Morgan fingerprint density at radius 2 is 1.47 bits per heavy atom. The smallest absolute Gasteiger partial charge is 0.182 e. The molecule has 0 amide bonds. The molecule has 1 heteroatoms. The summed E-state index contributed by atoms with van der Waals surface area (Å²) in [6.07, 6.45) is 2.06. The van der Waals surface area contributed by atoms with Gasteiger partial charge in [0, 0.05) is 5.56 Å². The Hall–Kier alpha value is -0.980. The third-order valence-electron chi connectivity index (χ3n) is 4.26. The van der Waals surface area contributed by atoms with Crippen molar-refractivity contribution in [1.29, 1.82) is 0 Å². The maximum atomic E-state index is 12.0. The second-order valence-corrected chi connectivity index (χ2v) is 6.19. The zero-order chi connectivity index (χ0) is 13.3. The van der Waals surface area contributed by atoms with Gasteiger partial charge in [-0.15, -0.1) is 0 Å². The molecule has 0 aliphatic heterocycles. The van der Waals surface area contributed by atoms with E-state index >= 15 is 0 Å². The van der Waals surface area contributed by atoms with Gasteiger partial charge >= 0.3 is 0 Å². The monoisotopic (exact) mass is 233 g/mol. The van der Waals surface area contributed by atoms with Gasteiger partial charge < -0.3 is 0 Å². The molecule has 0 bridgehead atoms. The molecule has 0 unspecified atom stereocenters. The minimum Gasteiger partial charge on any atom is -0.290 e. The van der Waals surface area contributed by atoms with Crippen LogP contribution in [0.15, 0.2) is 18.2 Å². The summed E-state index contributed by atoms with van der Waals surface area (Å²) in [4.78, 5) is 0. The van der Waals surface area contributed by atoms with Gasteiger partial charge in [0.25, 0.3) is 0 Å². The average Bonchev–Trinajstić information content (AvgIpc) is 2.29. The highest BCUT2D eigenvalue weighted by molar-refractivity contribution is 5.42. The molecule has 0 aliphatic carbocycles. The van der Waals surface area contributed by atoms with E-state index in [1.54, 1.807) is 6.07 Å². The maximum absolute atomic E-state index is 12.0. The minimum atomic E-state index is -0.0308. The first-order valence-corrected chi connectivity index (χ1v) is 6.56. The Bertz CT molecular complexity index is 389. The van der Waals surface area contributed by atoms with Crippen molar-refractivity contribution in [2.45, 2.75) is 65.2 Å². The van der Waals surface area contributed by atoms with Crippen LogP contribution in [0.25, 0.3) is 0 Å². The first kappa shape index (κ1) is 14.1. The molecule has 0 N–H and O–H groups in total. The minimum absolute atomic E-state index is 0.0308. The SMILES string of the molecule is CCC(C)(C)c1ccc([O])c(C(C)(C)CC)c1. The summed E-state index contributed by atoms with van der Waals surface area (Å²) in [5, 5.41) is 12.0. The molecule has 0 spiro atoms. The zero-order valence-electron chi connectivity index (χ0n) is 12.1. The summed E-state index contributed by atoms with van der Waals surface area (Å²) in [7, 11) is 0. The molecule has 95 valence electrons. The van der Waals surface area contributed by atoms with Crippen molar-refractivity contribution in [2.75, 3.05) is 0 Å². The number of rotatable bonds is 4. The molecule has 0 fully saturated rings. The molecule has 1 rings (SSSR count). The maximum Gasteiger partial charge on any atom is 0.182 e. The van der Waals surface area contributed by atoms with E-state index in [0.717, 1.165) is 18.4 Å². The van der Waals surface area contributed by atoms with Gasteiger partial charge in [-0.2, -0.15) is 0 Å². The summed E-state index contributed by atoms with van der Waals surface area (Å²) in [6.45, 7) is 13.1. The van der Waals surface area contributed by atoms with Crippen molar-refractivity contribution in [3.05, 3.63) is 29.3 Å². The summed E-state index contributed by atoms with van der Waals surface area (Å²) in [5.41, 5.74) is 2.35. The Labute approximate surface area is 106 Å². The van der Waals surface area contributed by atoms with E-state index in [1.807, 2.05) is 6.07 Å². The van der Waals surface area contributed by atoms with Crippen LogP contribution in [0.2, 0.25) is 0 Å². The van der Waals surface area contributed by atoms with Crippen molar-refractivity contribution in [3.8, 4) is 5.75 Å². The lowest BCUT2D eigenvalue weighted by atomic mass is 9.76. The molecule has 0 saturated carbocycles. The Balaban J connectivity index is 3.30. The fourth-order valence-electron chi connectivity index (χ4n) is 1.87. The molecule has 0 heterocycles. The van der Waals surface area contributed by atoms with Crippen LogP contribution >= 0.6 is 0 Å². The molecular formula is C16H25O. The van der Waals surface area contributed by atoms with Crippen LogP contribution in [0.3, 0.4) is 0 Å². The highest BCUT2D eigenvalue weighted by Gasteiger charge is 2.26. The molecule has 0 aliphatic rings. The van der Waals surface area contributed by atoms with Crippen molar-refractivity contribution in [1.82, 2.24) is 0 Å². The van der Waals surface area contributed by atoms with Crippen LogP contribution in [0.4, 0.5) is 0 Å². The van der Waals surface area contributed by atoms with Crippen LogP contribution in [0.5, 0.6) is 5.75 Å². The van der Waals surface area contributed by atoms with E-state index in [1.165, 1.54) is 5.56 Å². The van der Waals surface area contributed by atoms with Crippen molar-refractivity contribution in [3.63, 3.8) is 0 Å². The van der Waals surface area contributed by atoms with Gasteiger partial charge in [0.05, 0.1) is 0 Å². The molecule has 0 aromatic heterocycles. The van der Waals surface area contributed by atoms with E-state index in [9.17, 15) is 5.11 Å². The van der Waals surface area contributed by atoms with E-state index in [0.29, 0.717) is 0 Å². The second kappa shape index (κ2) is 4.72. The molecule has 0 saturated heterocycles. The second-order valence-electron chi connectivity index (χ2n) is 6.19. The Kier molecular flexibility index (Phi) is 3.91. The molecule has 1 aromatic carbocycles. The molecule has 0 atom stereocenters. The first-order valence-electron chi connectivity index (χ1n) is 6.56. The molecule has 1 aromatic rings. The van der Waals surface area contributed by atoms with Crippen molar-refractivity contribution >= 4 is 0 Å². The zero-order valence-corrected chi connectivity index (χ0v) is 12.1. The van der Waals surface area contributed by atoms with Gasteiger partial charge in [-0.05, 0) is 35.3 Å². The fraction of sp³-hybridized carbons (Fsp3) is 0.625. The van der Waals surface area contributed by atoms with Crippen LogP contribution in [-0.4, -0.2) is 0 Å². The predicted octanol–water partition coefficient (Wildman–Crippen LogP) is 5.21. The highest BCUT2D eigenvalue weighted by atomic mass is 16.3. The van der Waals surface area contributed by atoms with Gasteiger partial charge in [0.15, 0.2) is 5.75 Å². The molecular weight excluding hydrogens is 208 g/mol. The van der Waals surface area contributed by atoms with Gasteiger partial charge in [0.1, 0.15) is 0 Å². The van der Waals surface area contributed by atoms with Gasteiger partial charge in [-0.3, -0.25) is 5.11 Å². The van der Waals surface area contributed by atoms with Gasteiger partial charge in [0.2, 0.25) is 0 Å². The Morgan fingerprint density at radius 1 is 0.941 bits per heavy atom. The lowest BCUT2D eigenvalue weighted by molar-refractivity contribution is 0.335. The van der Waals surface area contributed by atoms with Crippen LogP contribution < -0.4 is 0 Å².